The van der Waals surface area contributed by atoms with Crippen LogP contribution in [0.15, 0.2) is 70.6 Å². The van der Waals surface area contributed by atoms with E-state index >= 15 is 0 Å². The van der Waals surface area contributed by atoms with Crippen molar-refractivity contribution in [2.75, 3.05) is 6.26 Å². The Balaban J connectivity index is 2.17. The molecular formula is C18H16N2O2S. The van der Waals surface area contributed by atoms with Gasteiger partial charge in [0.15, 0.2) is 5.16 Å². The highest BCUT2D eigenvalue weighted by atomic mass is 32.2. The molecule has 0 fully saturated rings. The van der Waals surface area contributed by atoms with Gasteiger partial charge in [0, 0.05) is 6.42 Å². The summed E-state index contributed by atoms with van der Waals surface area (Å²) in [6.45, 7) is 0. The first kappa shape index (κ1) is 15.4. The van der Waals surface area contributed by atoms with Crippen LogP contribution < -0.4 is 5.56 Å². The van der Waals surface area contributed by atoms with Gasteiger partial charge in [0.25, 0.3) is 5.56 Å². The van der Waals surface area contributed by atoms with Crippen molar-refractivity contribution in [2.24, 2.45) is 0 Å². The van der Waals surface area contributed by atoms with Crippen molar-refractivity contribution in [1.29, 1.82) is 0 Å². The molecular weight excluding hydrogens is 308 g/mol. The Morgan fingerprint density at radius 1 is 1.04 bits per heavy atom. The van der Waals surface area contributed by atoms with Crippen LogP contribution in [-0.4, -0.2) is 20.9 Å². The zero-order valence-corrected chi connectivity index (χ0v) is 13.5. The normalized spacial score (nSPS) is 10.7. The predicted molar refractivity (Wildman–Crippen MR) is 92.5 cm³/mol. The molecule has 0 spiro atoms. The summed E-state index contributed by atoms with van der Waals surface area (Å²) >= 11 is 1.33. The summed E-state index contributed by atoms with van der Waals surface area (Å²) in [4.78, 5) is 17.1. The third kappa shape index (κ3) is 3.14. The molecule has 116 valence electrons. The summed E-state index contributed by atoms with van der Waals surface area (Å²) in [6.07, 6.45) is 2.18. The number of hydrogen-bond acceptors (Lipinski definition) is 4. The first-order valence-electron chi connectivity index (χ1n) is 7.19. The van der Waals surface area contributed by atoms with Gasteiger partial charge in [-0.3, -0.25) is 9.36 Å². The fourth-order valence-electron chi connectivity index (χ4n) is 2.42. The van der Waals surface area contributed by atoms with Gasteiger partial charge in [-0.15, -0.1) is 0 Å². The molecule has 3 rings (SSSR count). The lowest BCUT2D eigenvalue weighted by Gasteiger charge is -2.13. The maximum absolute atomic E-state index is 12.9. The van der Waals surface area contributed by atoms with E-state index < -0.39 is 0 Å². The molecule has 4 nitrogen and oxygen atoms in total. The van der Waals surface area contributed by atoms with Crippen molar-refractivity contribution < 1.29 is 5.11 Å². The van der Waals surface area contributed by atoms with E-state index in [1.807, 2.05) is 66.9 Å². The Labute approximate surface area is 138 Å². The minimum absolute atomic E-state index is 0.199. The van der Waals surface area contributed by atoms with E-state index in [2.05, 4.69) is 4.98 Å². The summed E-state index contributed by atoms with van der Waals surface area (Å²) in [7, 11) is 0. The van der Waals surface area contributed by atoms with E-state index in [-0.39, 0.29) is 11.4 Å². The standard InChI is InChI=1S/C18H16N2O2S/c1-23-18-19-16(21)15(12-13-8-4-2-5-9-13)17(22)20(18)14-10-6-3-7-11-14/h2-11,21H,12H2,1H3. The number of aromatic nitrogens is 2. The molecule has 0 aliphatic carbocycles. The maximum atomic E-state index is 12.9. The highest BCUT2D eigenvalue weighted by Crippen LogP contribution is 2.22. The maximum Gasteiger partial charge on any atom is 0.266 e. The fraction of sp³-hybridized carbons (Fsp3) is 0.111. The highest BCUT2D eigenvalue weighted by Gasteiger charge is 2.17. The van der Waals surface area contributed by atoms with Crippen LogP contribution in [0.4, 0.5) is 0 Å². The second-order valence-electron chi connectivity index (χ2n) is 5.04. The molecule has 0 saturated heterocycles. The molecule has 3 aromatic rings. The van der Waals surface area contributed by atoms with Gasteiger partial charge < -0.3 is 5.11 Å². The minimum Gasteiger partial charge on any atom is -0.493 e. The van der Waals surface area contributed by atoms with Crippen molar-refractivity contribution >= 4 is 11.8 Å². The second-order valence-corrected chi connectivity index (χ2v) is 5.81. The third-order valence-corrected chi connectivity index (χ3v) is 4.18. The molecule has 0 radical (unpaired) electrons. The van der Waals surface area contributed by atoms with E-state index in [1.165, 1.54) is 11.8 Å². The van der Waals surface area contributed by atoms with Gasteiger partial charge >= 0.3 is 0 Å². The summed E-state index contributed by atoms with van der Waals surface area (Å²) in [6, 6.07) is 18.9. The lowest BCUT2D eigenvalue weighted by atomic mass is 10.1. The van der Waals surface area contributed by atoms with Gasteiger partial charge in [0.2, 0.25) is 5.88 Å². The Bertz CT molecular complexity index is 861. The van der Waals surface area contributed by atoms with Crippen molar-refractivity contribution in [3.05, 3.63) is 82.1 Å². The van der Waals surface area contributed by atoms with Crippen LogP contribution >= 0.6 is 11.8 Å². The lowest BCUT2D eigenvalue weighted by molar-refractivity contribution is 0.433. The average Bonchev–Trinajstić information content (AvgIpc) is 2.59. The first-order valence-corrected chi connectivity index (χ1v) is 8.41. The molecule has 5 heteroatoms. The van der Waals surface area contributed by atoms with E-state index in [9.17, 15) is 9.90 Å². The molecule has 1 heterocycles. The number of hydrogen-bond donors (Lipinski definition) is 1. The summed E-state index contributed by atoms with van der Waals surface area (Å²) in [5, 5.41) is 10.7. The van der Waals surface area contributed by atoms with E-state index in [0.717, 1.165) is 11.3 Å². The zero-order chi connectivity index (χ0) is 16.2. The molecule has 0 unspecified atom stereocenters. The number of aromatic hydroxyl groups is 1. The molecule has 1 aromatic heterocycles. The van der Waals surface area contributed by atoms with Gasteiger partial charge in [-0.2, -0.15) is 4.98 Å². The topological polar surface area (TPSA) is 55.1 Å². The number of nitrogens with zero attached hydrogens (tertiary/aromatic N) is 2. The van der Waals surface area contributed by atoms with Crippen molar-refractivity contribution in [3.8, 4) is 11.6 Å². The van der Waals surface area contributed by atoms with Crippen molar-refractivity contribution in [2.45, 2.75) is 11.6 Å². The average molecular weight is 324 g/mol. The fourth-order valence-corrected chi connectivity index (χ4v) is 2.97. The molecule has 0 aliphatic rings. The minimum atomic E-state index is -0.239. The number of benzene rings is 2. The van der Waals surface area contributed by atoms with Gasteiger partial charge in [-0.05, 0) is 24.0 Å². The lowest BCUT2D eigenvalue weighted by Crippen LogP contribution is -2.25. The van der Waals surface area contributed by atoms with E-state index in [4.69, 9.17) is 0 Å². The molecule has 23 heavy (non-hydrogen) atoms. The smallest absolute Gasteiger partial charge is 0.266 e. The Kier molecular flexibility index (Phi) is 4.48. The number of rotatable bonds is 4. The van der Waals surface area contributed by atoms with Crippen LogP contribution in [-0.2, 0) is 6.42 Å². The predicted octanol–water partition coefficient (Wildman–Crippen LogP) is 3.25. The Hall–Kier alpha value is -2.53. The SMILES string of the molecule is CSc1nc(O)c(Cc2ccccc2)c(=O)n1-c1ccccc1. The van der Waals surface area contributed by atoms with Gasteiger partial charge in [-0.1, -0.05) is 60.3 Å². The third-order valence-electron chi connectivity index (χ3n) is 3.54. The summed E-state index contributed by atoms with van der Waals surface area (Å²) in [5.74, 6) is -0.199. The molecule has 0 aliphatic heterocycles. The molecule has 0 amide bonds. The molecule has 0 atom stereocenters. The van der Waals surface area contributed by atoms with Crippen molar-refractivity contribution in [1.82, 2.24) is 9.55 Å². The summed E-state index contributed by atoms with van der Waals surface area (Å²) in [5.41, 5.74) is 1.76. The molecule has 2 aromatic carbocycles. The zero-order valence-electron chi connectivity index (χ0n) is 12.6. The Morgan fingerprint density at radius 3 is 2.26 bits per heavy atom. The Morgan fingerprint density at radius 2 is 1.65 bits per heavy atom. The van der Waals surface area contributed by atoms with Crippen LogP contribution in [0.1, 0.15) is 11.1 Å². The van der Waals surface area contributed by atoms with Crippen LogP contribution in [0.5, 0.6) is 5.88 Å². The highest BCUT2D eigenvalue weighted by molar-refractivity contribution is 7.98. The van der Waals surface area contributed by atoms with Crippen LogP contribution in [0, 0.1) is 0 Å². The van der Waals surface area contributed by atoms with E-state index in [0.29, 0.717) is 17.1 Å². The molecule has 0 saturated carbocycles. The number of thioether (sulfide) groups is 1. The molecule has 0 bridgehead atoms. The van der Waals surface area contributed by atoms with Crippen LogP contribution in [0.3, 0.4) is 0 Å². The van der Waals surface area contributed by atoms with Crippen LogP contribution in [0.25, 0.3) is 5.69 Å². The second kappa shape index (κ2) is 6.71. The monoisotopic (exact) mass is 324 g/mol. The summed E-state index contributed by atoms with van der Waals surface area (Å²) < 4.78 is 1.54. The molecule has 1 N–H and O–H groups in total. The van der Waals surface area contributed by atoms with Gasteiger partial charge in [-0.25, -0.2) is 0 Å². The largest absolute Gasteiger partial charge is 0.493 e. The van der Waals surface area contributed by atoms with E-state index in [1.54, 1.807) is 4.57 Å². The first-order chi connectivity index (χ1) is 11.2. The number of para-hydroxylation sites is 1. The van der Waals surface area contributed by atoms with Gasteiger partial charge in [0.05, 0.1) is 11.3 Å². The quantitative estimate of drug-likeness (QED) is 0.591. The van der Waals surface area contributed by atoms with Crippen molar-refractivity contribution in [3.63, 3.8) is 0 Å². The van der Waals surface area contributed by atoms with Gasteiger partial charge in [0.1, 0.15) is 0 Å². The van der Waals surface area contributed by atoms with Crippen LogP contribution in [0.2, 0.25) is 0 Å².